The van der Waals surface area contributed by atoms with Gasteiger partial charge in [0.25, 0.3) is 5.91 Å². The Balaban J connectivity index is 1.97. The number of aromatic nitrogens is 1. The van der Waals surface area contributed by atoms with E-state index in [2.05, 4.69) is 4.98 Å². The fourth-order valence-electron chi connectivity index (χ4n) is 2.10. The highest BCUT2D eigenvalue weighted by Gasteiger charge is 2.21. The lowest BCUT2D eigenvalue weighted by Gasteiger charge is -2.21. The summed E-state index contributed by atoms with van der Waals surface area (Å²) in [6.07, 6.45) is 3.26. The minimum atomic E-state index is -0.704. The van der Waals surface area contributed by atoms with Crippen molar-refractivity contribution in [1.82, 2.24) is 14.8 Å². The smallest absolute Gasteiger partial charge is 0.254 e. The highest BCUT2D eigenvalue weighted by molar-refractivity contribution is 5.96. The molecule has 1 aliphatic heterocycles. The van der Waals surface area contributed by atoms with Gasteiger partial charge in [-0.15, -0.1) is 0 Å². The molecule has 0 N–H and O–H groups in total. The number of hydrogen-bond donors (Lipinski definition) is 0. The number of hydrogen-bond acceptors (Lipinski definition) is 3. The molecule has 1 saturated heterocycles. The van der Waals surface area contributed by atoms with Gasteiger partial charge in [0.15, 0.2) is 0 Å². The molecular weight excluding hydrogens is 249 g/mol. The Kier molecular flexibility index (Phi) is 4.09. The van der Waals surface area contributed by atoms with Gasteiger partial charge in [0, 0.05) is 38.0 Å². The Bertz CT molecular complexity index is 487. The van der Waals surface area contributed by atoms with Crippen LogP contribution in [0.5, 0.6) is 0 Å². The van der Waals surface area contributed by atoms with E-state index in [1.807, 2.05) is 0 Å². The first-order valence-electron chi connectivity index (χ1n) is 6.23. The average Bonchev–Trinajstić information content (AvgIpc) is 2.91. The van der Waals surface area contributed by atoms with E-state index in [0.29, 0.717) is 0 Å². The van der Waals surface area contributed by atoms with E-state index >= 15 is 0 Å². The molecule has 0 bridgehead atoms. The van der Waals surface area contributed by atoms with Gasteiger partial charge in [0.05, 0.1) is 6.54 Å². The van der Waals surface area contributed by atoms with Crippen LogP contribution in [0.2, 0.25) is 0 Å². The van der Waals surface area contributed by atoms with Crippen molar-refractivity contribution >= 4 is 11.8 Å². The summed E-state index contributed by atoms with van der Waals surface area (Å²) in [5, 5.41) is 0. The van der Waals surface area contributed by atoms with Crippen molar-refractivity contribution in [2.24, 2.45) is 0 Å². The summed E-state index contributed by atoms with van der Waals surface area (Å²) in [5.41, 5.74) is 0.198. The lowest BCUT2D eigenvalue weighted by Crippen LogP contribution is -2.39. The van der Waals surface area contributed by atoms with Crippen molar-refractivity contribution in [2.45, 2.75) is 12.8 Å². The summed E-state index contributed by atoms with van der Waals surface area (Å²) < 4.78 is 12.9. The van der Waals surface area contributed by atoms with Gasteiger partial charge in [-0.05, 0) is 18.9 Å². The number of amides is 2. The monoisotopic (exact) mass is 265 g/mol. The molecule has 0 atom stereocenters. The van der Waals surface area contributed by atoms with Crippen LogP contribution in [-0.2, 0) is 4.79 Å². The van der Waals surface area contributed by atoms with E-state index in [1.54, 1.807) is 4.90 Å². The van der Waals surface area contributed by atoms with Gasteiger partial charge in [-0.25, -0.2) is 4.98 Å². The fraction of sp³-hybridized carbons (Fsp3) is 0.462. The maximum absolute atomic E-state index is 12.9. The molecule has 0 unspecified atom stereocenters. The van der Waals surface area contributed by atoms with Crippen LogP contribution < -0.4 is 0 Å². The number of carbonyl (C=O) groups excluding carboxylic acids is 2. The molecule has 1 aliphatic rings. The predicted molar refractivity (Wildman–Crippen MR) is 67.0 cm³/mol. The van der Waals surface area contributed by atoms with Crippen LogP contribution in [0.1, 0.15) is 23.2 Å². The third-order valence-electron chi connectivity index (χ3n) is 3.15. The van der Waals surface area contributed by atoms with E-state index in [1.165, 1.54) is 24.2 Å². The summed E-state index contributed by atoms with van der Waals surface area (Å²) in [7, 11) is 1.54. The highest BCUT2D eigenvalue weighted by atomic mass is 19.1. The van der Waals surface area contributed by atoms with Crippen molar-refractivity contribution < 1.29 is 14.0 Å². The summed E-state index contributed by atoms with van der Waals surface area (Å²) in [5.74, 6) is -1.15. The zero-order chi connectivity index (χ0) is 13.8. The van der Waals surface area contributed by atoms with Crippen LogP contribution in [-0.4, -0.2) is 53.3 Å². The molecule has 0 aliphatic carbocycles. The zero-order valence-electron chi connectivity index (χ0n) is 10.8. The molecule has 0 saturated carbocycles. The average molecular weight is 265 g/mol. The molecular formula is C13H16FN3O2. The van der Waals surface area contributed by atoms with Crippen molar-refractivity contribution in [1.29, 1.82) is 0 Å². The molecule has 0 radical (unpaired) electrons. The molecule has 6 heteroatoms. The summed E-state index contributed by atoms with van der Waals surface area (Å²) in [6.45, 7) is 1.53. The molecule has 5 nitrogen and oxygen atoms in total. The third-order valence-corrected chi connectivity index (χ3v) is 3.15. The quantitative estimate of drug-likeness (QED) is 0.763. The van der Waals surface area contributed by atoms with E-state index in [-0.39, 0.29) is 23.9 Å². The number of carbonyl (C=O) groups is 2. The van der Waals surface area contributed by atoms with Crippen molar-refractivity contribution in [3.8, 4) is 0 Å². The van der Waals surface area contributed by atoms with Gasteiger partial charge in [-0.2, -0.15) is 4.39 Å². The van der Waals surface area contributed by atoms with Crippen LogP contribution in [0.4, 0.5) is 4.39 Å². The minimum absolute atomic E-state index is 0.0166. The second kappa shape index (κ2) is 5.77. The molecule has 2 amide bonds. The molecule has 1 aromatic heterocycles. The number of nitrogens with zero attached hydrogens (tertiary/aromatic N) is 3. The molecule has 102 valence electrons. The normalized spacial score (nSPS) is 14.5. The Morgan fingerprint density at radius 2 is 2.11 bits per heavy atom. The number of pyridine rings is 1. The van der Waals surface area contributed by atoms with Crippen LogP contribution in [0.15, 0.2) is 18.3 Å². The van der Waals surface area contributed by atoms with E-state index in [9.17, 15) is 14.0 Å². The molecule has 19 heavy (non-hydrogen) atoms. The van der Waals surface area contributed by atoms with Gasteiger partial charge in [-0.3, -0.25) is 9.59 Å². The Hall–Kier alpha value is -1.98. The molecule has 2 rings (SSSR count). The zero-order valence-corrected chi connectivity index (χ0v) is 10.8. The van der Waals surface area contributed by atoms with Crippen molar-refractivity contribution in [3.05, 3.63) is 29.8 Å². The lowest BCUT2D eigenvalue weighted by atomic mass is 10.2. The minimum Gasteiger partial charge on any atom is -0.341 e. The number of likely N-dealkylation sites (N-methyl/N-ethyl adjacent to an activating group) is 1. The lowest BCUT2D eigenvalue weighted by molar-refractivity contribution is -0.130. The number of halogens is 1. The van der Waals surface area contributed by atoms with Gasteiger partial charge >= 0.3 is 0 Å². The topological polar surface area (TPSA) is 53.5 Å². The fourth-order valence-corrected chi connectivity index (χ4v) is 2.10. The van der Waals surface area contributed by atoms with Gasteiger partial charge in [0.2, 0.25) is 11.9 Å². The van der Waals surface area contributed by atoms with Gasteiger partial charge < -0.3 is 9.80 Å². The Morgan fingerprint density at radius 3 is 2.74 bits per heavy atom. The first kappa shape index (κ1) is 13.5. The third kappa shape index (κ3) is 3.27. The van der Waals surface area contributed by atoms with Gasteiger partial charge in [0.1, 0.15) is 0 Å². The van der Waals surface area contributed by atoms with Crippen LogP contribution in [0.25, 0.3) is 0 Å². The second-order valence-electron chi connectivity index (χ2n) is 4.62. The highest BCUT2D eigenvalue weighted by Crippen LogP contribution is 2.09. The molecule has 2 heterocycles. The maximum atomic E-state index is 12.9. The molecule has 0 aromatic carbocycles. The first-order valence-corrected chi connectivity index (χ1v) is 6.23. The standard InChI is InChI=1S/C13H16FN3O2/c1-16(9-12(18)17-6-2-3-7-17)13(19)10-4-5-15-11(14)8-10/h4-5,8H,2-3,6-7,9H2,1H3. The number of rotatable bonds is 3. The van der Waals surface area contributed by atoms with Crippen molar-refractivity contribution in [3.63, 3.8) is 0 Å². The second-order valence-corrected chi connectivity index (χ2v) is 4.62. The summed E-state index contributed by atoms with van der Waals surface area (Å²) in [4.78, 5) is 30.4. The van der Waals surface area contributed by atoms with E-state index < -0.39 is 5.95 Å². The van der Waals surface area contributed by atoms with Crippen LogP contribution in [0, 0.1) is 5.95 Å². The van der Waals surface area contributed by atoms with Crippen LogP contribution >= 0.6 is 0 Å². The van der Waals surface area contributed by atoms with Crippen LogP contribution in [0.3, 0.4) is 0 Å². The summed E-state index contributed by atoms with van der Waals surface area (Å²) >= 11 is 0. The summed E-state index contributed by atoms with van der Waals surface area (Å²) in [6, 6.07) is 2.50. The largest absolute Gasteiger partial charge is 0.341 e. The maximum Gasteiger partial charge on any atom is 0.254 e. The predicted octanol–water partition coefficient (Wildman–Crippen LogP) is 0.915. The molecule has 0 spiro atoms. The SMILES string of the molecule is CN(CC(=O)N1CCCC1)C(=O)c1ccnc(F)c1. The van der Waals surface area contributed by atoms with E-state index in [0.717, 1.165) is 32.0 Å². The first-order chi connectivity index (χ1) is 9.08. The molecule has 1 aromatic rings. The van der Waals surface area contributed by atoms with Crippen molar-refractivity contribution in [2.75, 3.05) is 26.7 Å². The Morgan fingerprint density at radius 1 is 1.42 bits per heavy atom. The molecule has 1 fully saturated rings. The Labute approximate surface area is 111 Å². The van der Waals surface area contributed by atoms with Gasteiger partial charge in [-0.1, -0.05) is 0 Å². The van der Waals surface area contributed by atoms with E-state index in [4.69, 9.17) is 0 Å². The number of likely N-dealkylation sites (tertiary alicyclic amines) is 1.